The van der Waals surface area contributed by atoms with Crippen LogP contribution in [0.4, 0.5) is 0 Å². The zero-order valence-electron chi connectivity index (χ0n) is 5.99. The average Bonchev–Trinajstić information content (AvgIpc) is 1.94. The number of carbonyl (C=O) groups excluding carboxylic acids is 1. The maximum absolute atomic E-state index is 10.9. The number of carboxylic acid groups (broad SMARTS) is 1. The van der Waals surface area contributed by atoms with Crippen LogP contribution in [0.2, 0.25) is 0 Å². The summed E-state index contributed by atoms with van der Waals surface area (Å²) in [5, 5.41) is 17.5. The molecule has 1 aliphatic carbocycles. The van der Waals surface area contributed by atoms with Crippen molar-refractivity contribution in [2.45, 2.75) is 25.4 Å². The van der Waals surface area contributed by atoms with Crippen molar-refractivity contribution in [3.63, 3.8) is 0 Å². The number of Topliss-reactive ketones (excluding diaryl/α,β-unsaturated/α-hetero) is 1. The molecule has 1 rings (SSSR count). The molecule has 0 amide bonds. The molecule has 2 atom stereocenters. The Morgan fingerprint density at radius 2 is 2.09 bits per heavy atom. The molecule has 62 valence electrons. The lowest BCUT2D eigenvalue weighted by molar-refractivity contribution is -0.151. The number of aliphatic hydroxyl groups excluding tert-OH is 1. The molecule has 0 aromatic heterocycles. The number of ketones is 1. The molecule has 4 nitrogen and oxygen atoms in total. The monoisotopic (exact) mass is 158 g/mol. The highest BCUT2D eigenvalue weighted by Crippen LogP contribution is 2.20. The summed E-state index contributed by atoms with van der Waals surface area (Å²) in [6.45, 7) is 0. The van der Waals surface area contributed by atoms with Gasteiger partial charge in [-0.3, -0.25) is 9.59 Å². The first kappa shape index (κ1) is 8.20. The van der Waals surface area contributed by atoms with Gasteiger partial charge in [-0.05, 0) is 19.3 Å². The molecular formula is C7H10O4. The van der Waals surface area contributed by atoms with Crippen molar-refractivity contribution >= 4 is 11.8 Å². The van der Waals surface area contributed by atoms with Gasteiger partial charge in [-0.25, -0.2) is 0 Å². The number of aliphatic carboxylic acids is 1. The van der Waals surface area contributed by atoms with Crippen LogP contribution in [0.25, 0.3) is 0 Å². The summed E-state index contributed by atoms with van der Waals surface area (Å²) in [6, 6.07) is 0. The summed E-state index contributed by atoms with van der Waals surface area (Å²) >= 11 is 0. The topological polar surface area (TPSA) is 74.6 Å². The normalized spacial score (nSPS) is 31.9. The van der Waals surface area contributed by atoms with Crippen LogP contribution in [0.3, 0.4) is 0 Å². The van der Waals surface area contributed by atoms with Gasteiger partial charge in [0, 0.05) is 0 Å². The van der Waals surface area contributed by atoms with Crippen molar-refractivity contribution in [1.82, 2.24) is 0 Å². The van der Waals surface area contributed by atoms with Gasteiger partial charge in [0.25, 0.3) is 0 Å². The van der Waals surface area contributed by atoms with Crippen LogP contribution in [0.5, 0.6) is 0 Å². The molecule has 0 aromatic carbocycles. The Balaban J connectivity index is 2.66. The van der Waals surface area contributed by atoms with Gasteiger partial charge in [-0.2, -0.15) is 0 Å². The van der Waals surface area contributed by atoms with Crippen LogP contribution >= 0.6 is 0 Å². The van der Waals surface area contributed by atoms with E-state index in [1.165, 1.54) is 0 Å². The van der Waals surface area contributed by atoms with Crippen LogP contribution in [0, 0.1) is 5.92 Å². The fourth-order valence-corrected chi connectivity index (χ4v) is 1.28. The highest BCUT2D eigenvalue weighted by atomic mass is 16.4. The standard InChI is InChI=1S/C7H10O4/c8-5-3-1-2-4(6(5)9)7(10)11/h4-5,8H,1-3H2,(H,10,11). The van der Waals surface area contributed by atoms with Gasteiger partial charge in [0.1, 0.15) is 12.0 Å². The minimum absolute atomic E-state index is 0.366. The Morgan fingerprint density at radius 3 is 2.55 bits per heavy atom. The highest BCUT2D eigenvalue weighted by Gasteiger charge is 2.34. The second-order valence-corrected chi connectivity index (χ2v) is 2.74. The van der Waals surface area contributed by atoms with Gasteiger partial charge in [0.05, 0.1) is 0 Å². The van der Waals surface area contributed by atoms with Gasteiger partial charge in [-0.1, -0.05) is 0 Å². The van der Waals surface area contributed by atoms with E-state index in [4.69, 9.17) is 10.2 Å². The van der Waals surface area contributed by atoms with Crippen LogP contribution in [-0.4, -0.2) is 28.1 Å². The summed E-state index contributed by atoms with van der Waals surface area (Å²) in [5.41, 5.74) is 0. The van der Waals surface area contributed by atoms with Crippen LogP contribution in [0.1, 0.15) is 19.3 Å². The molecular weight excluding hydrogens is 148 g/mol. The predicted octanol–water partition coefficient (Wildman–Crippen LogP) is -0.199. The van der Waals surface area contributed by atoms with E-state index in [-0.39, 0.29) is 0 Å². The van der Waals surface area contributed by atoms with E-state index in [1.54, 1.807) is 0 Å². The largest absolute Gasteiger partial charge is 0.481 e. The van der Waals surface area contributed by atoms with Crippen LogP contribution in [-0.2, 0) is 9.59 Å². The van der Waals surface area contributed by atoms with E-state index < -0.39 is 23.8 Å². The molecule has 11 heavy (non-hydrogen) atoms. The number of hydrogen-bond acceptors (Lipinski definition) is 3. The maximum Gasteiger partial charge on any atom is 0.314 e. The molecule has 2 unspecified atom stereocenters. The van der Waals surface area contributed by atoms with Crippen molar-refractivity contribution < 1.29 is 19.8 Å². The summed E-state index contributed by atoms with van der Waals surface area (Å²) < 4.78 is 0. The van der Waals surface area contributed by atoms with E-state index in [9.17, 15) is 9.59 Å². The number of carbonyl (C=O) groups is 2. The molecule has 1 fully saturated rings. The second-order valence-electron chi connectivity index (χ2n) is 2.74. The average molecular weight is 158 g/mol. The summed E-state index contributed by atoms with van der Waals surface area (Å²) in [5.74, 6) is -2.63. The van der Waals surface area contributed by atoms with Crippen molar-refractivity contribution in [3.8, 4) is 0 Å². The molecule has 2 N–H and O–H groups in total. The SMILES string of the molecule is O=C(O)C1CCCC(O)C1=O. The molecule has 0 radical (unpaired) electrons. The van der Waals surface area contributed by atoms with Crippen molar-refractivity contribution in [1.29, 1.82) is 0 Å². The Bertz CT molecular complexity index is 187. The zero-order chi connectivity index (χ0) is 8.43. The molecule has 0 aliphatic heterocycles. The van der Waals surface area contributed by atoms with Crippen molar-refractivity contribution in [2.75, 3.05) is 0 Å². The molecule has 0 heterocycles. The Labute approximate surface area is 63.8 Å². The molecule has 4 heteroatoms. The third-order valence-electron chi connectivity index (χ3n) is 1.94. The van der Waals surface area contributed by atoms with Crippen molar-refractivity contribution in [2.24, 2.45) is 5.92 Å². The first-order chi connectivity index (χ1) is 5.13. The zero-order valence-corrected chi connectivity index (χ0v) is 5.99. The van der Waals surface area contributed by atoms with Crippen LogP contribution in [0.15, 0.2) is 0 Å². The Hall–Kier alpha value is -0.900. The third-order valence-corrected chi connectivity index (χ3v) is 1.94. The first-order valence-corrected chi connectivity index (χ1v) is 3.57. The molecule has 0 aromatic rings. The van der Waals surface area contributed by atoms with Gasteiger partial charge in [-0.15, -0.1) is 0 Å². The lowest BCUT2D eigenvalue weighted by Crippen LogP contribution is -2.36. The lowest BCUT2D eigenvalue weighted by atomic mass is 9.86. The minimum atomic E-state index is -1.12. The fraction of sp³-hybridized carbons (Fsp3) is 0.714. The number of carboxylic acids is 1. The lowest BCUT2D eigenvalue weighted by Gasteiger charge is -2.20. The third kappa shape index (κ3) is 1.57. The minimum Gasteiger partial charge on any atom is -0.481 e. The Morgan fingerprint density at radius 1 is 1.45 bits per heavy atom. The summed E-state index contributed by atoms with van der Waals surface area (Å²) in [4.78, 5) is 21.3. The first-order valence-electron chi connectivity index (χ1n) is 3.57. The smallest absolute Gasteiger partial charge is 0.314 e. The molecule has 1 saturated carbocycles. The Kier molecular flexibility index (Phi) is 2.24. The number of aliphatic hydroxyl groups is 1. The molecule has 1 aliphatic rings. The van der Waals surface area contributed by atoms with Crippen LogP contribution < -0.4 is 0 Å². The number of hydrogen-bond donors (Lipinski definition) is 2. The van der Waals surface area contributed by atoms with Gasteiger partial charge in [0.15, 0.2) is 5.78 Å². The quantitative estimate of drug-likeness (QED) is 0.518. The highest BCUT2D eigenvalue weighted by molar-refractivity contribution is 6.00. The van der Waals surface area contributed by atoms with E-state index >= 15 is 0 Å². The maximum atomic E-state index is 10.9. The summed E-state index contributed by atoms with van der Waals surface area (Å²) in [7, 11) is 0. The van der Waals surface area contributed by atoms with E-state index in [2.05, 4.69) is 0 Å². The number of rotatable bonds is 1. The van der Waals surface area contributed by atoms with Gasteiger partial charge in [0.2, 0.25) is 0 Å². The fourth-order valence-electron chi connectivity index (χ4n) is 1.28. The summed E-state index contributed by atoms with van der Waals surface area (Å²) in [6.07, 6.45) is 0.336. The van der Waals surface area contributed by atoms with E-state index in [0.29, 0.717) is 19.3 Å². The van der Waals surface area contributed by atoms with Gasteiger partial charge < -0.3 is 10.2 Å². The van der Waals surface area contributed by atoms with Gasteiger partial charge >= 0.3 is 5.97 Å². The van der Waals surface area contributed by atoms with E-state index in [0.717, 1.165) is 0 Å². The molecule has 0 bridgehead atoms. The molecule has 0 saturated heterocycles. The van der Waals surface area contributed by atoms with E-state index in [1.807, 2.05) is 0 Å². The predicted molar refractivity (Wildman–Crippen MR) is 36.0 cm³/mol. The molecule has 0 spiro atoms. The second kappa shape index (κ2) is 3.00. The van der Waals surface area contributed by atoms with Crippen molar-refractivity contribution in [3.05, 3.63) is 0 Å².